The molecule has 0 aliphatic carbocycles. The first-order valence-electron chi connectivity index (χ1n) is 3.74. The van der Waals surface area contributed by atoms with E-state index in [1.54, 1.807) is 25.1 Å². The van der Waals surface area contributed by atoms with E-state index in [9.17, 15) is 5.21 Å². The van der Waals surface area contributed by atoms with Crippen LogP contribution < -0.4 is 0 Å². The van der Waals surface area contributed by atoms with Gasteiger partial charge in [0, 0.05) is 19.1 Å². The first-order chi connectivity index (χ1) is 5.75. The Morgan fingerprint density at radius 1 is 1.42 bits per heavy atom. The normalized spacial score (nSPS) is 12.1. The van der Waals surface area contributed by atoms with E-state index in [2.05, 4.69) is 6.58 Å². The molecule has 12 heavy (non-hydrogen) atoms. The minimum atomic E-state index is 0.598. The summed E-state index contributed by atoms with van der Waals surface area (Å²) < 4.78 is 0.854. The van der Waals surface area contributed by atoms with E-state index in [-0.39, 0.29) is 0 Å². The number of rotatable bonds is 2. The predicted octanol–water partition coefficient (Wildman–Crippen LogP) is 2.48. The maximum Gasteiger partial charge on any atom is 0.216 e. The molecule has 62 valence electrons. The summed E-state index contributed by atoms with van der Waals surface area (Å²) in [6.45, 7) is 5.26. The first kappa shape index (κ1) is 8.53. The Kier molecular flexibility index (Phi) is 2.64. The highest BCUT2D eigenvalue weighted by Crippen LogP contribution is 2.09. The summed E-state index contributed by atoms with van der Waals surface area (Å²) in [5, 5.41) is 11.4. The van der Waals surface area contributed by atoms with Gasteiger partial charge in [0.15, 0.2) is 5.71 Å². The molecule has 2 heteroatoms. The minimum absolute atomic E-state index is 0.598. The zero-order valence-electron chi connectivity index (χ0n) is 7.03. The summed E-state index contributed by atoms with van der Waals surface area (Å²) in [5.41, 5.74) is 1.23. The van der Waals surface area contributed by atoms with Gasteiger partial charge in [0.2, 0.25) is 5.69 Å². The Labute approximate surface area is 72.1 Å². The summed E-state index contributed by atoms with van der Waals surface area (Å²) in [6.07, 6.45) is 1.54. The van der Waals surface area contributed by atoms with Crippen LogP contribution >= 0.6 is 0 Å². The molecule has 0 saturated carbocycles. The van der Waals surface area contributed by atoms with Crippen molar-refractivity contribution in [2.45, 2.75) is 6.92 Å². The fourth-order valence-electron chi connectivity index (χ4n) is 0.850. The molecule has 0 aromatic heterocycles. The third-order valence-electron chi connectivity index (χ3n) is 1.61. The van der Waals surface area contributed by atoms with Crippen LogP contribution in [0.3, 0.4) is 0 Å². The average Bonchev–Trinajstić information content (AvgIpc) is 2.17. The van der Waals surface area contributed by atoms with Gasteiger partial charge in [-0.2, -0.15) is 4.74 Å². The fraction of sp³-hybridized carbons (Fsp3) is 0.100. The van der Waals surface area contributed by atoms with Crippen LogP contribution in [-0.2, 0) is 0 Å². The molecule has 2 nitrogen and oxygen atoms in total. The Morgan fingerprint density at radius 3 is 2.50 bits per heavy atom. The van der Waals surface area contributed by atoms with E-state index in [4.69, 9.17) is 0 Å². The maximum absolute atomic E-state index is 11.4. The van der Waals surface area contributed by atoms with Gasteiger partial charge in [0.1, 0.15) is 0 Å². The van der Waals surface area contributed by atoms with Gasteiger partial charge in [-0.25, -0.2) is 0 Å². The predicted molar refractivity (Wildman–Crippen MR) is 50.6 cm³/mol. The number of benzene rings is 1. The highest BCUT2D eigenvalue weighted by atomic mass is 16.5. The van der Waals surface area contributed by atoms with Crippen LogP contribution in [-0.4, -0.2) is 10.5 Å². The van der Waals surface area contributed by atoms with Gasteiger partial charge >= 0.3 is 0 Å². The van der Waals surface area contributed by atoms with E-state index in [0.717, 1.165) is 4.74 Å². The Balaban J connectivity index is 3.08. The third-order valence-corrected chi connectivity index (χ3v) is 1.61. The molecule has 0 bridgehead atoms. The summed E-state index contributed by atoms with van der Waals surface area (Å²) in [6, 6.07) is 9.06. The molecule has 0 unspecified atom stereocenters. The molecule has 1 rings (SSSR count). The zero-order valence-corrected chi connectivity index (χ0v) is 7.03. The number of para-hydroxylation sites is 1. The Hall–Kier alpha value is -1.57. The SMILES string of the molecule is C=C/C(C)=[N+](\[O-])c1ccccc1. The summed E-state index contributed by atoms with van der Waals surface area (Å²) in [7, 11) is 0. The third kappa shape index (κ3) is 1.72. The lowest BCUT2D eigenvalue weighted by molar-refractivity contribution is -0.360. The van der Waals surface area contributed by atoms with Crippen LogP contribution in [0.2, 0.25) is 0 Å². The van der Waals surface area contributed by atoms with Crippen molar-refractivity contribution < 1.29 is 4.74 Å². The minimum Gasteiger partial charge on any atom is -0.618 e. The highest BCUT2D eigenvalue weighted by Gasteiger charge is 2.01. The van der Waals surface area contributed by atoms with Crippen molar-refractivity contribution in [1.29, 1.82) is 0 Å². The lowest BCUT2D eigenvalue weighted by atomic mass is 10.3. The van der Waals surface area contributed by atoms with Crippen molar-refractivity contribution in [3.05, 3.63) is 48.2 Å². The van der Waals surface area contributed by atoms with E-state index >= 15 is 0 Å². The van der Waals surface area contributed by atoms with Crippen LogP contribution in [0.5, 0.6) is 0 Å². The van der Waals surface area contributed by atoms with Crippen LogP contribution in [0.1, 0.15) is 6.92 Å². The molecule has 0 heterocycles. The molecular formula is C10H11NO. The first-order valence-corrected chi connectivity index (χ1v) is 3.74. The molecule has 0 N–H and O–H groups in total. The summed E-state index contributed by atoms with van der Waals surface area (Å²) in [5.74, 6) is 0. The molecule has 0 radical (unpaired) electrons. The monoisotopic (exact) mass is 161 g/mol. The van der Waals surface area contributed by atoms with Gasteiger partial charge in [-0.3, -0.25) is 0 Å². The van der Waals surface area contributed by atoms with Gasteiger partial charge < -0.3 is 5.21 Å². The molecule has 0 saturated heterocycles. The second-order valence-corrected chi connectivity index (χ2v) is 2.48. The maximum atomic E-state index is 11.4. The summed E-state index contributed by atoms with van der Waals surface area (Å²) >= 11 is 0. The molecule has 0 amide bonds. The Bertz CT molecular complexity index is 301. The molecule has 0 atom stereocenters. The van der Waals surface area contributed by atoms with Gasteiger partial charge in [0.25, 0.3) is 0 Å². The van der Waals surface area contributed by atoms with Crippen molar-refractivity contribution in [3.63, 3.8) is 0 Å². The molecule has 1 aromatic carbocycles. The lowest BCUT2D eigenvalue weighted by Gasteiger charge is -2.03. The second kappa shape index (κ2) is 3.72. The van der Waals surface area contributed by atoms with Gasteiger partial charge in [-0.1, -0.05) is 24.8 Å². The fourth-order valence-corrected chi connectivity index (χ4v) is 0.850. The number of hydrogen-bond acceptors (Lipinski definition) is 1. The van der Waals surface area contributed by atoms with Crippen LogP contribution in [0.25, 0.3) is 0 Å². The Morgan fingerprint density at radius 2 is 2.00 bits per heavy atom. The molecule has 0 aliphatic heterocycles. The smallest absolute Gasteiger partial charge is 0.216 e. The molecular weight excluding hydrogens is 150 g/mol. The van der Waals surface area contributed by atoms with E-state index < -0.39 is 0 Å². The standard InChI is InChI=1S/C10H11NO/c1-3-9(2)11(12)10-7-5-4-6-8-10/h3-8H,1H2,2H3/b11-9-. The van der Waals surface area contributed by atoms with Crippen LogP contribution in [0.15, 0.2) is 43.0 Å². The van der Waals surface area contributed by atoms with Crippen molar-refractivity contribution in [3.8, 4) is 0 Å². The number of hydrogen-bond donors (Lipinski definition) is 0. The van der Waals surface area contributed by atoms with Crippen molar-refractivity contribution in [1.82, 2.24) is 0 Å². The van der Waals surface area contributed by atoms with E-state index in [1.165, 1.54) is 0 Å². The van der Waals surface area contributed by atoms with Gasteiger partial charge in [-0.15, -0.1) is 0 Å². The van der Waals surface area contributed by atoms with E-state index in [0.29, 0.717) is 11.4 Å². The number of nitrogens with zero attached hydrogens (tertiary/aromatic N) is 1. The van der Waals surface area contributed by atoms with Crippen LogP contribution in [0, 0.1) is 5.21 Å². The molecule has 1 aromatic rings. The van der Waals surface area contributed by atoms with Crippen molar-refractivity contribution in [2.75, 3.05) is 0 Å². The van der Waals surface area contributed by atoms with Crippen LogP contribution in [0.4, 0.5) is 5.69 Å². The van der Waals surface area contributed by atoms with Gasteiger partial charge in [-0.05, 0) is 6.08 Å². The van der Waals surface area contributed by atoms with Gasteiger partial charge in [0.05, 0.1) is 0 Å². The number of allylic oxidation sites excluding steroid dienone is 1. The average molecular weight is 161 g/mol. The molecule has 0 spiro atoms. The molecule has 0 fully saturated rings. The largest absolute Gasteiger partial charge is 0.618 e. The van der Waals surface area contributed by atoms with Crippen molar-refractivity contribution >= 4 is 11.4 Å². The van der Waals surface area contributed by atoms with Crippen molar-refractivity contribution in [2.24, 2.45) is 0 Å². The summed E-state index contributed by atoms with van der Waals surface area (Å²) in [4.78, 5) is 0. The highest BCUT2D eigenvalue weighted by molar-refractivity contribution is 5.88. The quantitative estimate of drug-likeness (QED) is 0.283. The van der Waals surface area contributed by atoms with E-state index in [1.807, 2.05) is 18.2 Å². The zero-order chi connectivity index (χ0) is 8.97. The molecule has 0 aliphatic rings. The lowest BCUT2D eigenvalue weighted by Crippen LogP contribution is -2.03. The topological polar surface area (TPSA) is 26.1 Å². The second-order valence-electron chi connectivity index (χ2n) is 2.48.